The standard InChI is InChI=1S/C7H14N2O/c1-2-8-6-9(3-1)7-4-10-5-7/h7-8H,1-6H2. The molecule has 1 N–H and O–H groups in total. The van der Waals surface area contributed by atoms with E-state index < -0.39 is 0 Å². The minimum atomic E-state index is 0.716. The van der Waals surface area contributed by atoms with Crippen LogP contribution in [0.3, 0.4) is 0 Å². The lowest BCUT2D eigenvalue weighted by atomic mass is 10.2. The maximum atomic E-state index is 5.12. The maximum Gasteiger partial charge on any atom is 0.0645 e. The molecule has 2 saturated heterocycles. The van der Waals surface area contributed by atoms with Gasteiger partial charge in [-0.25, -0.2) is 0 Å². The molecule has 2 rings (SSSR count). The van der Waals surface area contributed by atoms with Crippen molar-refractivity contribution >= 4 is 0 Å². The largest absolute Gasteiger partial charge is 0.378 e. The molecular formula is C7H14N2O. The third kappa shape index (κ3) is 1.17. The molecule has 0 aromatic rings. The third-order valence-corrected chi connectivity index (χ3v) is 2.25. The molecule has 3 nitrogen and oxygen atoms in total. The highest BCUT2D eigenvalue weighted by Crippen LogP contribution is 2.11. The molecule has 2 aliphatic rings. The van der Waals surface area contributed by atoms with E-state index in [-0.39, 0.29) is 0 Å². The van der Waals surface area contributed by atoms with Crippen molar-refractivity contribution in [3.8, 4) is 0 Å². The molecule has 0 spiro atoms. The topological polar surface area (TPSA) is 24.5 Å². The monoisotopic (exact) mass is 142 g/mol. The Hall–Kier alpha value is -0.120. The van der Waals surface area contributed by atoms with Crippen molar-refractivity contribution < 1.29 is 4.74 Å². The fourth-order valence-electron chi connectivity index (χ4n) is 1.45. The van der Waals surface area contributed by atoms with E-state index in [2.05, 4.69) is 10.2 Å². The predicted molar refractivity (Wildman–Crippen MR) is 38.8 cm³/mol. The number of hydrogen-bond acceptors (Lipinski definition) is 3. The summed E-state index contributed by atoms with van der Waals surface area (Å²) in [6.07, 6.45) is 1.29. The first-order chi connectivity index (χ1) is 4.97. The van der Waals surface area contributed by atoms with Crippen LogP contribution in [0.25, 0.3) is 0 Å². The number of hydrogen-bond donors (Lipinski definition) is 1. The first kappa shape index (κ1) is 6.58. The van der Waals surface area contributed by atoms with Crippen molar-refractivity contribution in [3.63, 3.8) is 0 Å². The van der Waals surface area contributed by atoms with Crippen LogP contribution >= 0.6 is 0 Å². The van der Waals surface area contributed by atoms with Crippen molar-refractivity contribution in [2.75, 3.05) is 33.0 Å². The van der Waals surface area contributed by atoms with E-state index in [9.17, 15) is 0 Å². The van der Waals surface area contributed by atoms with E-state index in [0.717, 1.165) is 19.9 Å². The van der Waals surface area contributed by atoms with Gasteiger partial charge < -0.3 is 10.1 Å². The Morgan fingerprint density at radius 2 is 2.30 bits per heavy atom. The third-order valence-electron chi connectivity index (χ3n) is 2.25. The Bertz CT molecular complexity index is 108. The van der Waals surface area contributed by atoms with E-state index in [1.807, 2.05) is 0 Å². The summed E-state index contributed by atoms with van der Waals surface area (Å²) >= 11 is 0. The normalized spacial score (nSPS) is 30.0. The zero-order valence-corrected chi connectivity index (χ0v) is 6.18. The number of rotatable bonds is 1. The Labute approximate surface area is 61.3 Å². The van der Waals surface area contributed by atoms with E-state index in [4.69, 9.17) is 4.74 Å². The maximum absolute atomic E-state index is 5.12. The van der Waals surface area contributed by atoms with Crippen molar-refractivity contribution in [3.05, 3.63) is 0 Å². The molecule has 0 amide bonds. The van der Waals surface area contributed by atoms with Crippen LogP contribution in [-0.2, 0) is 4.74 Å². The van der Waals surface area contributed by atoms with E-state index in [0.29, 0.717) is 6.04 Å². The Kier molecular flexibility index (Phi) is 1.88. The Morgan fingerprint density at radius 1 is 1.40 bits per heavy atom. The van der Waals surface area contributed by atoms with Crippen LogP contribution in [-0.4, -0.2) is 43.9 Å². The van der Waals surface area contributed by atoms with Gasteiger partial charge in [-0.3, -0.25) is 4.90 Å². The van der Waals surface area contributed by atoms with Gasteiger partial charge in [0.15, 0.2) is 0 Å². The Balaban J connectivity index is 1.78. The summed E-state index contributed by atoms with van der Waals surface area (Å²) in [6, 6.07) is 0.716. The van der Waals surface area contributed by atoms with Crippen LogP contribution in [0.15, 0.2) is 0 Å². The number of nitrogens with zero attached hydrogens (tertiary/aromatic N) is 1. The predicted octanol–water partition coefficient (Wildman–Crippen LogP) is -0.362. The second-order valence-corrected chi connectivity index (χ2v) is 3.02. The zero-order chi connectivity index (χ0) is 6.81. The van der Waals surface area contributed by atoms with Gasteiger partial charge in [0.05, 0.1) is 19.3 Å². The van der Waals surface area contributed by atoms with Crippen LogP contribution < -0.4 is 5.32 Å². The highest BCUT2D eigenvalue weighted by atomic mass is 16.5. The van der Waals surface area contributed by atoms with E-state index in [1.54, 1.807) is 0 Å². The molecule has 58 valence electrons. The molecule has 0 aromatic heterocycles. The summed E-state index contributed by atoms with van der Waals surface area (Å²) < 4.78 is 5.12. The van der Waals surface area contributed by atoms with Gasteiger partial charge in [-0.15, -0.1) is 0 Å². The summed E-state index contributed by atoms with van der Waals surface area (Å²) in [5.41, 5.74) is 0. The van der Waals surface area contributed by atoms with Crippen LogP contribution in [0.5, 0.6) is 0 Å². The molecule has 0 bridgehead atoms. The second kappa shape index (κ2) is 2.86. The van der Waals surface area contributed by atoms with Gasteiger partial charge in [0.1, 0.15) is 0 Å². The van der Waals surface area contributed by atoms with Gasteiger partial charge in [0.25, 0.3) is 0 Å². The Morgan fingerprint density at radius 3 is 2.80 bits per heavy atom. The number of ether oxygens (including phenoxy) is 1. The van der Waals surface area contributed by atoms with Crippen LogP contribution in [0.1, 0.15) is 6.42 Å². The quantitative estimate of drug-likeness (QED) is 0.541. The molecule has 3 heteroatoms. The lowest BCUT2D eigenvalue weighted by Gasteiger charge is -2.39. The van der Waals surface area contributed by atoms with E-state index in [1.165, 1.54) is 19.5 Å². The summed E-state index contributed by atoms with van der Waals surface area (Å²) in [4.78, 5) is 2.47. The minimum absolute atomic E-state index is 0.716. The summed E-state index contributed by atoms with van der Waals surface area (Å²) in [5, 5.41) is 3.35. The molecule has 2 aliphatic heterocycles. The van der Waals surface area contributed by atoms with Crippen molar-refractivity contribution in [2.24, 2.45) is 0 Å². The SMILES string of the molecule is C1CNCN(C2COC2)C1. The minimum Gasteiger partial charge on any atom is -0.378 e. The van der Waals surface area contributed by atoms with Crippen LogP contribution in [0.2, 0.25) is 0 Å². The lowest BCUT2D eigenvalue weighted by molar-refractivity contribution is -0.0718. The van der Waals surface area contributed by atoms with Gasteiger partial charge in [0.2, 0.25) is 0 Å². The molecular weight excluding hydrogens is 128 g/mol. The first-order valence-electron chi connectivity index (χ1n) is 3.99. The highest BCUT2D eigenvalue weighted by Gasteiger charge is 2.26. The summed E-state index contributed by atoms with van der Waals surface area (Å²) in [7, 11) is 0. The fraction of sp³-hybridized carbons (Fsp3) is 1.00. The zero-order valence-electron chi connectivity index (χ0n) is 6.18. The van der Waals surface area contributed by atoms with Crippen molar-refractivity contribution in [2.45, 2.75) is 12.5 Å². The smallest absolute Gasteiger partial charge is 0.0645 e. The molecule has 0 radical (unpaired) electrons. The van der Waals surface area contributed by atoms with Crippen molar-refractivity contribution in [1.29, 1.82) is 0 Å². The van der Waals surface area contributed by atoms with Gasteiger partial charge >= 0.3 is 0 Å². The molecule has 2 fully saturated rings. The number of nitrogens with one attached hydrogen (secondary N) is 1. The van der Waals surface area contributed by atoms with E-state index >= 15 is 0 Å². The summed E-state index contributed by atoms with van der Waals surface area (Å²) in [6.45, 7) is 5.39. The van der Waals surface area contributed by atoms with Gasteiger partial charge in [-0.2, -0.15) is 0 Å². The molecule has 0 aromatic carbocycles. The first-order valence-corrected chi connectivity index (χ1v) is 3.99. The van der Waals surface area contributed by atoms with Crippen LogP contribution in [0, 0.1) is 0 Å². The molecule has 10 heavy (non-hydrogen) atoms. The fourth-order valence-corrected chi connectivity index (χ4v) is 1.45. The van der Waals surface area contributed by atoms with Gasteiger partial charge in [-0.1, -0.05) is 0 Å². The van der Waals surface area contributed by atoms with Crippen molar-refractivity contribution in [1.82, 2.24) is 10.2 Å². The average Bonchev–Trinajstić information content (AvgIpc) is 1.86. The average molecular weight is 142 g/mol. The molecule has 0 atom stereocenters. The molecule has 0 saturated carbocycles. The summed E-state index contributed by atoms with van der Waals surface area (Å²) in [5.74, 6) is 0. The van der Waals surface area contributed by atoms with Crippen LogP contribution in [0.4, 0.5) is 0 Å². The highest BCUT2D eigenvalue weighted by molar-refractivity contribution is 4.78. The lowest BCUT2D eigenvalue weighted by Crippen LogP contribution is -2.55. The van der Waals surface area contributed by atoms with Gasteiger partial charge in [-0.05, 0) is 13.0 Å². The van der Waals surface area contributed by atoms with Gasteiger partial charge in [0, 0.05) is 13.2 Å². The molecule has 0 unspecified atom stereocenters. The molecule has 2 heterocycles. The second-order valence-electron chi connectivity index (χ2n) is 3.02. The molecule has 0 aliphatic carbocycles.